The number of carbonyl (C=O) groups excluding carboxylic acids is 1. The van der Waals surface area contributed by atoms with Crippen molar-refractivity contribution >= 4 is 27.5 Å². The first-order valence-corrected chi connectivity index (χ1v) is 6.04. The quantitative estimate of drug-likeness (QED) is 0.765. The zero-order chi connectivity index (χ0) is 10.8. The highest BCUT2D eigenvalue weighted by atomic mass is 79.9. The molecule has 0 unspecified atom stereocenters. The summed E-state index contributed by atoms with van der Waals surface area (Å²) in [7, 11) is 0. The molecule has 0 saturated carbocycles. The molecule has 1 aliphatic rings. The number of piperidine rings is 1. The highest BCUT2D eigenvalue weighted by Crippen LogP contribution is 2.29. The van der Waals surface area contributed by atoms with E-state index in [2.05, 4.69) is 22.0 Å². The van der Waals surface area contributed by atoms with Crippen molar-refractivity contribution in [1.29, 1.82) is 0 Å². The minimum atomic E-state index is 0.241. The van der Waals surface area contributed by atoms with Gasteiger partial charge in [-0.3, -0.25) is 4.79 Å². The summed E-state index contributed by atoms with van der Waals surface area (Å²) in [5.74, 6) is 0.241. The van der Waals surface area contributed by atoms with Crippen molar-refractivity contribution < 1.29 is 4.79 Å². The largest absolute Gasteiger partial charge is 0.311 e. The molecule has 0 bridgehead atoms. The number of aryl methyl sites for hydroxylation is 1. The zero-order valence-corrected chi connectivity index (χ0v) is 10.4. The van der Waals surface area contributed by atoms with Crippen molar-refractivity contribution in [2.24, 2.45) is 0 Å². The fraction of sp³-hybridized carbons (Fsp3) is 0.417. The van der Waals surface area contributed by atoms with Crippen LogP contribution in [0.15, 0.2) is 22.7 Å². The summed E-state index contributed by atoms with van der Waals surface area (Å²) in [6.07, 6.45) is 2.81. The molecule has 1 aromatic carbocycles. The zero-order valence-electron chi connectivity index (χ0n) is 8.79. The van der Waals surface area contributed by atoms with E-state index in [-0.39, 0.29) is 5.91 Å². The van der Waals surface area contributed by atoms with Crippen LogP contribution in [0.5, 0.6) is 0 Å². The van der Waals surface area contributed by atoms with Crippen LogP contribution >= 0.6 is 15.9 Å². The molecule has 0 N–H and O–H groups in total. The minimum Gasteiger partial charge on any atom is -0.311 e. The van der Waals surface area contributed by atoms with Gasteiger partial charge >= 0.3 is 0 Å². The van der Waals surface area contributed by atoms with E-state index in [1.807, 2.05) is 24.0 Å². The van der Waals surface area contributed by atoms with Gasteiger partial charge in [0.15, 0.2) is 0 Å². The molecule has 3 heteroatoms. The summed E-state index contributed by atoms with van der Waals surface area (Å²) >= 11 is 3.52. The second-order valence-electron chi connectivity index (χ2n) is 3.96. The number of amides is 1. The molecule has 0 atom stereocenters. The Morgan fingerprint density at radius 1 is 1.33 bits per heavy atom. The monoisotopic (exact) mass is 267 g/mol. The molecule has 1 saturated heterocycles. The average molecular weight is 268 g/mol. The number of halogens is 1. The van der Waals surface area contributed by atoms with Crippen molar-refractivity contribution in [2.75, 3.05) is 11.4 Å². The molecule has 2 rings (SSSR count). The molecule has 2 nitrogen and oxygen atoms in total. The van der Waals surface area contributed by atoms with Crippen LogP contribution in [0, 0.1) is 6.92 Å². The van der Waals surface area contributed by atoms with Gasteiger partial charge in [0, 0.05) is 17.4 Å². The summed E-state index contributed by atoms with van der Waals surface area (Å²) in [5.41, 5.74) is 2.21. The molecule has 1 fully saturated rings. The molecule has 1 amide bonds. The van der Waals surface area contributed by atoms with Crippen LogP contribution in [-0.4, -0.2) is 12.5 Å². The maximum absolute atomic E-state index is 11.7. The number of hydrogen-bond donors (Lipinski definition) is 0. The summed E-state index contributed by atoms with van der Waals surface area (Å²) in [6, 6.07) is 6.11. The molecule has 15 heavy (non-hydrogen) atoms. The van der Waals surface area contributed by atoms with Crippen LogP contribution in [0.4, 0.5) is 5.69 Å². The fourth-order valence-corrected chi connectivity index (χ4v) is 2.60. The number of hydrogen-bond acceptors (Lipinski definition) is 1. The highest BCUT2D eigenvalue weighted by molar-refractivity contribution is 9.10. The molecule has 0 aromatic heterocycles. The Morgan fingerprint density at radius 3 is 2.80 bits per heavy atom. The molecular formula is C12H14BrNO. The number of benzene rings is 1. The van der Waals surface area contributed by atoms with E-state index >= 15 is 0 Å². The van der Waals surface area contributed by atoms with E-state index in [1.165, 1.54) is 5.56 Å². The topological polar surface area (TPSA) is 20.3 Å². The Labute approximate surface area is 98.4 Å². The van der Waals surface area contributed by atoms with E-state index in [4.69, 9.17) is 0 Å². The number of carbonyl (C=O) groups is 1. The SMILES string of the molecule is Cc1ccc(N2CCCCC2=O)c(Br)c1. The summed E-state index contributed by atoms with van der Waals surface area (Å²) in [4.78, 5) is 13.6. The van der Waals surface area contributed by atoms with E-state index in [0.29, 0.717) is 6.42 Å². The molecule has 1 heterocycles. The standard InChI is InChI=1S/C12H14BrNO/c1-9-5-6-11(10(13)8-9)14-7-3-2-4-12(14)15/h5-6,8H,2-4,7H2,1H3. The third-order valence-corrected chi connectivity index (χ3v) is 3.35. The van der Waals surface area contributed by atoms with Gasteiger partial charge in [-0.1, -0.05) is 6.07 Å². The second-order valence-corrected chi connectivity index (χ2v) is 4.81. The van der Waals surface area contributed by atoms with Crippen molar-refractivity contribution in [3.63, 3.8) is 0 Å². The van der Waals surface area contributed by atoms with Crippen molar-refractivity contribution in [2.45, 2.75) is 26.2 Å². The van der Waals surface area contributed by atoms with Gasteiger partial charge < -0.3 is 4.90 Å². The smallest absolute Gasteiger partial charge is 0.227 e. The van der Waals surface area contributed by atoms with Crippen LogP contribution in [0.3, 0.4) is 0 Å². The van der Waals surface area contributed by atoms with E-state index in [1.54, 1.807) is 0 Å². The van der Waals surface area contributed by atoms with Gasteiger partial charge in [-0.05, 0) is 53.4 Å². The normalized spacial score (nSPS) is 16.9. The third-order valence-electron chi connectivity index (χ3n) is 2.72. The van der Waals surface area contributed by atoms with E-state index in [0.717, 1.165) is 29.5 Å². The Kier molecular flexibility index (Phi) is 3.10. The van der Waals surface area contributed by atoms with Gasteiger partial charge in [0.2, 0.25) is 5.91 Å². The maximum atomic E-state index is 11.7. The average Bonchev–Trinajstić information content (AvgIpc) is 2.20. The van der Waals surface area contributed by atoms with Crippen LogP contribution in [0.25, 0.3) is 0 Å². The van der Waals surface area contributed by atoms with E-state index < -0.39 is 0 Å². The van der Waals surface area contributed by atoms with Crippen LogP contribution < -0.4 is 4.90 Å². The first kappa shape index (κ1) is 10.7. The van der Waals surface area contributed by atoms with Gasteiger partial charge in [-0.2, -0.15) is 0 Å². The lowest BCUT2D eigenvalue weighted by molar-refractivity contribution is -0.119. The summed E-state index contributed by atoms with van der Waals surface area (Å²) < 4.78 is 1.01. The molecule has 0 spiro atoms. The number of rotatable bonds is 1. The second kappa shape index (κ2) is 4.35. The Hall–Kier alpha value is -0.830. The Morgan fingerprint density at radius 2 is 2.13 bits per heavy atom. The molecular weight excluding hydrogens is 254 g/mol. The minimum absolute atomic E-state index is 0.241. The van der Waals surface area contributed by atoms with Crippen molar-refractivity contribution in [3.05, 3.63) is 28.2 Å². The Bertz CT molecular complexity index is 389. The number of anilines is 1. The van der Waals surface area contributed by atoms with Gasteiger partial charge in [0.05, 0.1) is 5.69 Å². The third kappa shape index (κ3) is 2.23. The summed E-state index contributed by atoms with van der Waals surface area (Å²) in [5, 5.41) is 0. The van der Waals surface area contributed by atoms with Crippen LogP contribution in [0.1, 0.15) is 24.8 Å². The molecule has 1 aromatic rings. The molecule has 0 radical (unpaired) electrons. The first-order valence-electron chi connectivity index (χ1n) is 5.25. The Balaban J connectivity index is 2.31. The lowest BCUT2D eigenvalue weighted by Gasteiger charge is -2.27. The van der Waals surface area contributed by atoms with Crippen molar-refractivity contribution in [1.82, 2.24) is 0 Å². The van der Waals surface area contributed by atoms with Gasteiger partial charge in [0.25, 0.3) is 0 Å². The predicted molar refractivity (Wildman–Crippen MR) is 65.1 cm³/mol. The molecule has 0 aliphatic carbocycles. The first-order chi connectivity index (χ1) is 7.18. The van der Waals surface area contributed by atoms with Crippen LogP contribution in [-0.2, 0) is 4.79 Å². The lowest BCUT2D eigenvalue weighted by atomic mass is 10.1. The molecule has 1 aliphatic heterocycles. The predicted octanol–water partition coefficient (Wildman–Crippen LogP) is 3.27. The van der Waals surface area contributed by atoms with E-state index in [9.17, 15) is 4.79 Å². The maximum Gasteiger partial charge on any atom is 0.227 e. The van der Waals surface area contributed by atoms with Gasteiger partial charge in [-0.25, -0.2) is 0 Å². The van der Waals surface area contributed by atoms with Crippen LogP contribution in [0.2, 0.25) is 0 Å². The fourth-order valence-electron chi connectivity index (χ4n) is 1.89. The molecule has 80 valence electrons. The summed E-state index contributed by atoms with van der Waals surface area (Å²) in [6.45, 7) is 2.90. The highest BCUT2D eigenvalue weighted by Gasteiger charge is 2.20. The lowest BCUT2D eigenvalue weighted by Crippen LogP contribution is -2.35. The number of nitrogens with zero attached hydrogens (tertiary/aromatic N) is 1. The van der Waals surface area contributed by atoms with Gasteiger partial charge in [0.1, 0.15) is 0 Å². The van der Waals surface area contributed by atoms with Crippen molar-refractivity contribution in [3.8, 4) is 0 Å². The van der Waals surface area contributed by atoms with Gasteiger partial charge in [-0.15, -0.1) is 0 Å².